The molecule has 0 heterocycles. The molecule has 2 bridgehead atoms. The van der Waals surface area contributed by atoms with Crippen LogP contribution in [0.2, 0.25) is 0 Å². The molecule has 1 aromatic rings. The summed E-state index contributed by atoms with van der Waals surface area (Å²) in [5.74, 6) is 1.14. The average molecular weight is 289 g/mol. The predicted molar refractivity (Wildman–Crippen MR) is 79.4 cm³/mol. The first-order chi connectivity index (χ1) is 10.2. The number of fused-ring (bicyclic) bond motifs is 2. The van der Waals surface area contributed by atoms with E-state index in [2.05, 4.69) is 5.32 Å². The first kappa shape index (κ1) is 14.5. The lowest BCUT2D eigenvalue weighted by Crippen LogP contribution is -2.45. The summed E-state index contributed by atoms with van der Waals surface area (Å²) in [7, 11) is 0. The van der Waals surface area contributed by atoms with Gasteiger partial charge in [-0.25, -0.2) is 0 Å². The zero-order valence-corrected chi connectivity index (χ0v) is 12.1. The zero-order valence-electron chi connectivity index (χ0n) is 12.1. The third kappa shape index (κ3) is 2.97. The molecule has 3 N–H and O–H groups in total. The minimum Gasteiger partial charge on any atom is -0.396 e. The normalized spacial score (nSPS) is 32.1. The van der Waals surface area contributed by atoms with Crippen LogP contribution >= 0.6 is 0 Å². The fraction of sp³-hybridized carbons (Fsp3) is 0.588. The lowest BCUT2D eigenvalue weighted by atomic mass is 9.85. The number of benzene rings is 1. The Morgan fingerprint density at radius 1 is 1.24 bits per heavy atom. The van der Waals surface area contributed by atoms with Gasteiger partial charge in [0.1, 0.15) is 0 Å². The van der Waals surface area contributed by atoms with Crippen molar-refractivity contribution in [3.8, 4) is 0 Å². The monoisotopic (exact) mass is 289 g/mol. The van der Waals surface area contributed by atoms with Gasteiger partial charge in [-0.3, -0.25) is 4.79 Å². The van der Waals surface area contributed by atoms with Crippen LogP contribution in [0.1, 0.15) is 37.4 Å². The van der Waals surface area contributed by atoms with Crippen molar-refractivity contribution in [3.05, 3.63) is 35.9 Å². The molecular weight excluding hydrogens is 266 g/mol. The Morgan fingerprint density at radius 3 is 2.67 bits per heavy atom. The van der Waals surface area contributed by atoms with E-state index in [1.807, 2.05) is 30.3 Å². The largest absolute Gasteiger partial charge is 0.396 e. The lowest BCUT2D eigenvalue weighted by Gasteiger charge is -2.30. The van der Waals surface area contributed by atoms with E-state index in [0.29, 0.717) is 11.8 Å². The van der Waals surface area contributed by atoms with Crippen molar-refractivity contribution in [1.29, 1.82) is 0 Å². The molecule has 114 valence electrons. The summed E-state index contributed by atoms with van der Waals surface area (Å²) in [4.78, 5) is 12.2. The molecule has 4 heteroatoms. The maximum atomic E-state index is 12.2. The second-order valence-corrected chi connectivity index (χ2v) is 6.40. The Labute approximate surface area is 125 Å². The van der Waals surface area contributed by atoms with Crippen molar-refractivity contribution in [3.63, 3.8) is 0 Å². The molecule has 0 radical (unpaired) electrons. The predicted octanol–water partition coefficient (Wildman–Crippen LogP) is 1.63. The maximum Gasteiger partial charge on any atom is 0.223 e. The van der Waals surface area contributed by atoms with Gasteiger partial charge in [0.2, 0.25) is 5.91 Å². The molecule has 1 aromatic carbocycles. The fourth-order valence-electron chi connectivity index (χ4n) is 4.11. The topological polar surface area (TPSA) is 69.6 Å². The Morgan fingerprint density at radius 2 is 1.95 bits per heavy atom. The Hall–Kier alpha value is -1.39. The average Bonchev–Trinajstić information content (AvgIpc) is 3.09. The van der Waals surface area contributed by atoms with Gasteiger partial charge >= 0.3 is 0 Å². The molecule has 2 fully saturated rings. The van der Waals surface area contributed by atoms with Gasteiger partial charge in [0, 0.05) is 18.6 Å². The van der Waals surface area contributed by atoms with Gasteiger partial charge in [-0.05, 0) is 36.7 Å². The zero-order chi connectivity index (χ0) is 14.8. The number of amides is 1. The molecule has 21 heavy (non-hydrogen) atoms. The first-order valence-electron chi connectivity index (χ1n) is 7.82. The number of aliphatic hydroxyl groups excluding tert-OH is 2. The molecule has 0 spiro atoms. The van der Waals surface area contributed by atoms with Crippen molar-refractivity contribution in [2.45, 2.75) is 37.8 Å². The number of rotatable bonds is 5. The first-order valence-corrected chi connectivity index (χ1v) is 7.82. The SMILES string of the molecule is O=C(CC(O)c1ccccc1)NC1C2CCC(C2)C1CO. The molecule has 0 saturated heterocycles. The third-order valence-electron chi connectivity index (χ3n) is 5.19. The molecule has 5 atom stereocenters. The lowest BCUT2D eigenvalue weighted by molar-refractivity contribution is -0.124. The number of hydrogen-bond donors (Lipinski definition) is 3. The van der Waals surface area contributed by atoms with Gasteiger partial charge in [0.05, 0.1) is 12.5 Å². The standard InChI is InChI=1S/C17H23NO3/c19-10-14-12-6-7-13(8-12)17(14)18-16(21)9-15(20)11-4-2-1-3-5-11/h1-5,12-15,17,19-20H,6-10H2,(H,18,21). The van der Waals surface area contributed by atoms with Crippen LogP contribution in [0.3, 0.4) is 0 Å². The van der Waals surface area contributed by atoms with E-state index in [1.54, 1.807) is 0 Å². The van der Waals surface area contributed by atoms with Crippen molar-refractivity contribution in [1.82, 2.24) is 5.32 Å². The highest BCUT2D eigenvalue weighted by atomic mass is 16.3. The highest BCUT2D eigenvalue weighted by Gasteiger charge is 2.47. The molecule has 4 nitrogen and oxygen atoms in total. The Kier molecular flexibility index (Phi) is 4.27. The quantitative estimate of drug-likeness (QED) is 0.771. The summed E-state index contributed by atoms with van der Waals surface area (Å²) in [6, 6.07) is 9.34. The molecule has 0 aliphatic heterocycles. The molecule has 3 rings (SSSR count). The highest BCUT2D eigenvalue weighted by molar-refractivity contribution is 5.77. The van der Waals surface area contributed by atoms with Gasteiger partial charge < -0.3 is 15.5 Å². The molecule has 2 aliphatic rings. The molecular formula is C17H23NO3. The second kappa shape index (κ2) is 6.16. The molecule has 2 saturated carbocycles. The minimum atomic E-state index is -0.766. The van der Waals surface area contributed by atoms with Crippen LogP contribution in [-0.4, -0.2) is 28.8 Å². The summed E-state index contributed by atoms with van der Waals surface area (Å²) >= 11 is 0. The van der Waals surface area contributed by atoms with Crippen LogP contribution in [0, 0.1) is 17.8 Å². The minimum absolute atomic E-state index is 0.0794. The number of carbonyl (C=O) groups excluding carboxylic acids is 1. The Balaban J connectivity index is 1.57. The van der Waals surface area contributed by atoms with Crippen LogP contribution in [0.5, 0.6) is 0 Å². The van der Waals surface area contributed by atoms with E-state index in [0.717, 1.165) is 18.4 Å². The summed E-state index contributed by atoms with van der Waals surface area (Å²) in [6.07, 6.45) is 2.76. The number of nitrogens with one attached hydrogen (secondary N) is 1. The van der Waals surface area contributed by atoms with Crippen LogP contribution in [0.4, 0.5) is 0 Å². The number of carbonyl (C=O) groups is 1. The van der Waals surface area contributed by atoms with Gasteiger partial charge in [0.25, 0.3) is 0 Å². The highest BCUT2D eigenvalue weighted by Crippen LogP contribution is 2.48. The molecule has 2 aliphatic carbocycles. The van der Waals surface area contributed by atoms with E-state index in [1.165, 1.54) is 6.42 Å². The van der Waals surface area contributed by atoms with Crippen molar-refractivity contribution in [2.24, 2.45) is 17.8 Å². The number of hydrogen-bond acceptors (Lipinski definition) is 3. The van der Waals surface area contributed by atoms with Crippen LogP contribution < -0.4 is 5.32 Å². The summed E-state index contributed by atoms with van der Waals surface area (Å²) in [6.45, 7) is 0.146. The van der Waals surface area contributed by atoms with Gasteiger partial charge in [-0.1, -0.05) is 30.3 Å². The Bertz CT molecular complexity index is 490. The molecule has 5 unspecified atom stereocenters. The van der Waals surface area contributed by atoms with Crippen LogP contribution in [0.25, 0.3) is 0 Å². The smallest absolute Gasteiger partial charge is 0.223 e. The van der Waals surface area contributed by atoms with E-state index in [4.69, 9.17) is 0 Å². The van der Waals surface area contributed by atoms with Crippen molar-refractivity contribution >= 4 is 5.91 Å². The van der Waals surface area contributed by atoms with E-state index >= 15 is 0 Å². The number of aliphatic hydroxyl groups is 2. The van der Waals surface area contributed by atoms with Gasteiger partial charge in [-0.2, -0.15) is 0 Å². The summed E-state index contributed by atoms with van der Waals surface area (Å²) < 4.78 is 0. The van der Waals surface area contributed by atoms with E-state index in [-0.39, 0.29) is 30.9 Å². The van der Waals surface area contributed by atoms with Crippen LogP contribution in [-0.2, 0) is 4.79 Å². The van der Waals surface area contributed by atoms with Gasteiger partial charge in [-0.15, -0.1) is 0 Å². The van der Waals surface area contributed by atoms with E-state index in [9.17, 15) is 15.0 Å². The van der Waals surface area contributed by atoms with Gasteiger partial charge in [0.15, 0.2) is 0 Å². The van der Waals surface area contributed by atoms with E-state index < -0.39 is 6.10 Å². The third-order valence-corrected chi connectivity index (χ3v) is 5.19. The van der Waals surface area contributed by atoms with Crippen molar-refractivity contribution in [2.75, 3.05) is 6.61 Å². The second-order valence-electron chi connectivity index (χ2n) is 6.40. The molecule has 0 aromatic heterocycles. The van der Waals surface area contributed by atoms with Crippen LogP contribution in [0.15, 0.2) is 30.3 Å². The summed E-state index contributed by atoms with van der Waals surface area (Å²) in [5.41, 5.74) is 0.763. The summed E-state index contributed by atoms with van der Waals surface area (Å²) in [5, 5.41) is 22.7. The van der Waals surface area contributed by atoms with Crippen molar-refractivity contribution < 1.29 is 15.0 Å². The fourth-order valence-corrected chi connectivity index (χ4v) is 4.11. The molecule has 1 amide bonds. The maximum absolute atomic E-state index is 12.2.